The molecule has 3 aromatic rings. The van der Waals surface area contributed by atoms with Gasteiger partial charge in [0.05, 0.1) is 0 Å². The van der Waals surface area contributed by atoms with Crippen molar-refractivity contribution >= 4 is 11.6 Å². The van der Waals surface area contributed by atoms with Crippen LogP contribution in [-0.2, 0) is 11.2 Å². The number of piperidine rings is 1. The summed E-state index contributed by atoms with van der Waals surface area (Å²) in [6, 6.07) is 32.8. The van der Waals surface area contributed by atoms with Gasteiger partial charge in [-0.2, -0.15) is 0 Å². The van der Waals surface area contributed by atoms with E-state index in [2.05, 4.69) is 106 Å². The lowest BCUT2D eigenvalue weighted by Gasteiger charge is -2.49. The highest BCUT2D eigenvalue weighted by molar-refractivity contribution is 5.94. The van der Waals surface area contributed by atoms with Crippen molar-refractivity contribution in [2.24, 2.45) is 0 Å². The first kappa shape index (κ1) is 23.3. The predicted octanol–water partition coefficient (Wildman–Crippen LogP) is 5.75. The molecular formula is C32H37N3O. The largest absolute Gasteiger partial charge is 0.336 e. The minimum atomic E-state index is -0.478. The summed E-state index contributed by atoms with van der Waals surface area (Å²) in [4.78, 5) is 18.9. The first-order valence-corrected chi connectivity index (χ1v) is 13.7. The highest BCUT2D eigenvalue weighted by Crippen LogP contribution is 2.43. The van der Waals surface area contributed by atoms with Crippen molar-refractivity contribution in [3.63, 3.8) is 0 Å². The number of benzene rings is 3. The van der Waals surface area contributed by atoms with Crippen molar-refractivity contribution in [1.29, 1.82) is 0 Å². The Morgan fingerprint density at radius 3 is 2.08 bits per heavy atom. The van der Waals surface area contributed by atoms with E-state index in [-0.39, 0.29) is 12.1 Å². The van der Waals surface area contributed by atoms with Gasteiger partial charge < -0.3 is 10.2 Å². The van der Waals surface area contributed by atoms with E-state index in [0.29, 0.717) is 12.0 Å². The van der Waals surface area contributed by atoms with Gasteiger partial charge in [0, 0.05) is 31.2 Å². The summed E-state index contributed by atoms with van der Waals surface area (Å²) in [6.07, 6.45) is 7.69. The van der Waals surface area contributed by atoms with Gasteiger partial charge >= 0.3 is 0 Å². The Hall–Kier alpha value is -3.11. The van der Waals surface area contributed by atoms with Gasteiger partial charge in [0.2, 0.25) is 5.91 Å². The number of hydrogen-bond donors (Lipinski definition) is 1. The molecule has 2 saturated heterocycles. The molecule has 3 aliphatic rings. The molecule has 1 N–H and O–H groups in total. The highest BCUT2D eigenvalue weighted by atomic mass is 16.2. The number of likely N-dealkylation sites (tertiary alicyclic amines) is 1. The van der Waals surface area contributed by atoms with Crippen LogP contribution in [-0.4, -0.2) is 41.6 Å². The molecule has 3 aromatic carbocycles. The van der Waals surface area contributed by atoms with Gasteiger partial charge in [-0.05, 0) is 54.9 Å². The summed E-state index contributed by atoms with van der Waals surface area (Å²) in [7, 11) is 0. The van der Waals surface area contributed by atoms with Crippen molar-refractivity contribution < 1.29 is 4.79 Å². The zero-order valence-electron chi connectivity index (χ0n) is 21.1. The Morgan fingerprint density at radius 1 is 0.778 bits per heavy atom. The van der Waals surface area contributed by atoms with Gasteiger partial charge in [-0.1, -0.05) is 91.7 Å². The van der Waals surface area contributed by atoms with E-state index in [1.165, 1.54) is 36.8 Å². The first-order chi connectivity index (χ1) is 17.7. The second-order valence-electron chi connectivity index (χ2n) is 10.8. The molecule has 2 unspecified atom stereocenters. The average molecular weight is 480 g/mol. The number of para-hydroxylation sites is 1. The van der Waals surface area contributed by atoms with Gasteiger partial charge in [-0.3, -0.25) is 9.69 Å². The number of carbonyl (C=O) groups excluding carboxylic acids is 1. The van der Waals surface area contributed by atoms with E-state index in [0.717, 1.165) is 38.0 Å². The number of nitrogens with one attached hydrogen (secondary N) is 1. The first-order valence-electron chi connectivity index (χ1n) is 13.7. The Bertz CT molecular complexity index is 1140. The summed E-state index contributed by atoms with van der Waals surface area (Å²) in [5, 5.41) is 3.41. The molecule has 1 amide bonds. The molecule has 36 heavy (non-hydrogen) atoms. The molecule has 3 fully saturated rings. The monoisotopic (exact) mass is 479 g/mol. The molecule has 4 nitrogen and oxygen atoms in total. The van der Waals surface area contributed by atoms with Crippen LogP contribution < -0.4 is 10.2 Å². The van der Waals surface area contributed by atoms with Crippen LogP contribution in [0.2, 0.25) is 0 Å². The van der Waals surface area contributed by atoms with E-state index in [1.807, 2.05) is 0 Å². The molecule has 2 heterocycles. The molecule has 6 rings (SSSR count). The molecule has 0 radical (unpaired) electrons. The number of carbonyl (C=O) groups is 1. The maximum atomic E-state index is 13.7. The SMILES string of the molecule is O=C1N[C@@H](Cc2ccccc2)N(c2ccccc2)C12CCN(C1CCCCC1c1ccccc1)CC2. The van der Waals surface area contributed by atoms with Gasteiger partial charge in [-0.15, -0.1) is 0 Å². The number of anilines is 1. The van der Waals surface area contributed by atoms with Crippen LogP contribution in [0.3, 0.4) is 0 Å². The lowest BCUT2D eigenvalue weighted by atomic mass is 9.77. The topological polar surface area (TPSA) is 35.6 Å². The number of nitrogens with zero attached hydrogens (tertiary/aromatic N) is 2. The molecule has 0 aromatic heterocycles. The van der Waals surface area contributed by atoms with E-state index < -0.39 is 5.54 Å². The molecule has 2 aliphatic heterocycles. The van der Waals surface area contributed by atoms with Crippen molar-refractivity contribution in [2.75, 3.05) is 18.0 Å². The van der Waals surface area contributed by atoms with Crippen molar-refractivity contribution in [3.8, 4) is 0 Å². The van der Waals surface area contributed by atoms with Crippen LogP contribution in [0, 0.1) is 0 Å². The predicted molar refractivity (Wildman–Crippen MR) is 146 cm³/mol. The van der Waals surface area contributed by atoms with Gasteiger partial charge in [0.1, 0.15) is 11.7 Å². The third-order valence-corrected chi connectivity index (χ3v) is 8.85. The second kappa shape index (κ2) is 10.1. The third kappa shape index (κ3) is 4.32. The van der Waals surface area contributed by atoms with E-state index in [4.69, 9.17) is 0 Å². The molecule has 1 aliphatic carbocycles. The molecule has 4 heteroatoms. The fourth-order valence-electron chi connectivity index (χ4n) is 7.08. The van der Waals surface area contributed by atoms with Gasteiger partial charge in [0.25, 0.3) is 0 Å². The zero-order chi connectivity index (χ0) is 24.4. The van der Waals surface area contributed by atoms with E-state index >= 15 is 0 Å². The molecule has 1 spiro atoms. The van der Waals surface area contributed by atoms with Crippen LogP contribution >= 0.6 is 0 Å². The van der Waals surface area contributed by atoms with Crippen LogP contribution in [0.1, 0.15) is 55.6 Å². The number of rotatable bonds is 5. The van der Waals surface area contributed by atoms with Crippen LogP contribution in [0.25, 0.3) is 0 Å². The Kier molecular flexibility index (Phi) is 6.54. The quantitative estimate of drug-likeness (QED) is 0.506. The summed E-state index contributed by atoms with van der Waals surface area (Å²) < 4.78 is 0. The standard InChI is InChI=1S/C32H37N3O/c36-31-32(35(27-16-8-3-9-17-27)30(33-31)24-25-12-4-1-5-13-25)20-22-34(23-21-32)29-19-11-10-18-28(29)26-14-6-2-7-15-26/h1-9,12-17,28-30H,10-11,18-24H2,(H,33,36)/t28?,29?,30-/m1/s1. The maximum absolute atomic E-state index is 13.7. The average Bonchev–Trinajstić information content (AvgIpc) is 3.20. The van der Waals surface area contributed by atoms with Crippen molar-refractivity contribution in [2.45, 2.75) is 68.6 Å². The smallest absolute Gasteiger partial charge is 0.247 e. The summed E-state index contributed by atoms with van der Waals surface area (Å²) in [5.41, 5.74) is 3.40. The highest BCUT2D eigenvalue weighted by Gasteiger charge is 2.54. The maximum Gasteiger partial charge on any atom is 0.247 e. The fraction of sp³-hybridized carbons (Fsp3) is 0.406. The molecule has 186 valence electrons. The van der Waals surface area contributed by atoms with Crippen LogP contribution in [0.4, 0.5) is 5.69 Å². The normalized spacial score (nSPS) is 26.2. The van der Waals surface area contributed by atoms with Gasteiger partial charge in [-0.25, -0.2) is 0 Å². The zero-order valence-corrected chi connectivity index (χ0v) is 21.1. The van der Waals surface area contributed by atoms with E-state index in [1.54, 1.807) is 0 Å². The van der Waals surface area contributed by atoms with Crippen molar-refractivity contribution in [1.82, 2.24) is 10.2 Å². The number of hydrogen-bond acceptors (Lipinski definition) is 3. The van der Waals surface area contributed by atoms with Gasteiger partial charge in [0.15, 0.2) is 0 Å². The molecule has 0 bridgehead atoms. The van der Waals surface area contributed by atoms with Crippen LogP contribution in [0.5, 0.6) is 0 Å². The molecule has 3 atom stereocenters. The van der Waals surface area contributed by atoms with E-state index in [9.17, 15) is 4.79 Å². The minimum Gasteiger partial charge on any atom is -0.336 e. The fourth-order valence-corrected chi connectivity index (χ4v) is 7.08. The third-order valence-electron chi connectivity index (χ3n) is 8.85. The summed E-state index contributed by atoms with van der Waals surface area (Å²) in [5.74, 6) is 0.803. The molecular weight excluding hydrogens is 442 g/mol. The Balaban J connectivity index is 1.25. The summed E-state index contributed by atoms with van der Waals surface area (Å²) in [6.45, 7) is 1.95. The lowest BCUT2D eigenvalue weighted by molar-refractivity contribution is -0.125. The Morgan fingerprint density at radius 2 is 1.39 bits per heavy atom. The van der Waals surface area contributed by atoms with Crippen LogP contribution in [0.15, 0.2) is 91.0 Å². The lowest BCUT2D eigenvalue weighted by Crippen LogP contribution is -2.59. The summed E-state index contributed by atoms with van der Waals surface area (Å²) >= 11 is 0. The minimum absolute atomic E-state index is 0.0272. The number of amides is 1. The Labute approximate surface area is 215 Å². The molecule has 1 saturated carbocycles. The second-order valence-corrected chi connectivity index (χ2v) is 10.8. The van der Waals surface area contributed by atoms with Crippen molar-refractivity contribution in [3.05, 3.63) is 102 Å².